The zero-order valence-corrected chi connectivity index (χ0v) is 24.7. The highest BCUT2D eigenvalue weighted by atomic mass is 19.4. The second-order valence-electron chi connectivity index (χ2n) is 11.7. The molecular weight excluding hydrogens is 571 g/mol. The number of alkyl halides is 5. The van der Waals surface area contributed by atoms with E-state index in [1.54, 1.807) is 27.7 Å². The Morgan fingerprint density at radius 2 is 1.31 bits per heavy atom. The van der Waals surface area contributed by atoms with Gasteiger partial charge in [0.25, 0.3) is 0 Å². The highest BCUT2D eigenvalue weighted by molar-refractivity contribution is 6.02. The van der Waals surface area contributed by atoms with Crippen molar-refractivity contribution in [3.8, 4) is 0 Å². The van der Waals surface area contributed by atoms with Gasteiger partial charge in [0.1, 0.15) is 18.0 Å². The zero-order valence-electron chi connectivity index (χ0n) is 24.7. The van der Waals surface area contributed by atoms with E-state index in [-0.39, 0.29) is 13.0 Å². The lowest BCUT2D eigenvalue weighted by Gasteiger charge is -2.34. The third-order valence-electron chi connectivity index (χ3n) is 7.52. The van der Waals surface area contributed by atoms with Crippen LogP contribution in [0.2, 0.25) is 0 Å². The fraction of sp³-hybridized carbons (Fsp3) is 0.815. The molecule has 0 bridgehead atoms. The normalized spacial score (nSPS) is 20.5. The van der Waals surface area contributed by atoms with Gasteiger partial charge < -0.3 is 25.2 Å². The van der Waals surface area contributed by atoms with Gasteiger partial charge >= 0.3 is 12.1 Å². The van der Waals surface area contributed by atoms with E-state index < -0.39 is 83.3 Å². The standard InChI is InChI=1S/C27H41F5N4O6/c1-14(2)18(24(40)35-10-12-42-13-11-35)23(39)34-20(16(5)6)25(41)36-9-7-8-17(36)22(38)33-19(15(3)4)21(37)26(28,29)27(30,31)32/h14-20H,7-13H2,1-6H3,(H,33,38)(H,34,39)/t17-,18?,19?,20-/m0/s1. The summed E-state index contributed by atoms with van der Waals surface area (Å²) in [5, 5.41) is 4.65. The quantitative estimate of drug-likeness (QED) is 0.272. The number of ketones is 1. The molecule has 4 amide bonds. The summed E-state index contributed by atoms with van der Waals surface area (Å²) in [5.41, 5.74) is 0. The minimum Gasteiger partial charge on any atom is -0.378 e. The summed E-state index contributed by atoms with van der Waals surface area (Å²) in [7, 11) is 0. The van der Waals surface area contributed by atoms with Crippen molar-refractivity contribution in [3.63, 3.8) is 0 Å². The van der Waals surface area contributed by atoms with Crippen molar-refractivity contribution in [1.29, 1.82) is 0 Å². The summed E-state index contributed by atoms with van der Waals surface area (Å²) in [6.45, 7) is 10.5. The molecule has 2 rings (SSSR count). The molecule has 2 saturated heterocycles. The number of morpholine rings is 1. The van der Waals surface area contributed by atoms with Crippen LogP contribution in [0.3, 0.4) is 0 Å². The molecule has 2 heterocycles. The lowest BCUT2D eigenvalue weighted by molar-refractivity contribution is -0.270. The Kier molecular flexibility index (Phi) is 11.9. The average molecular weight is 613 g/mol. The number of halogens is 5. The molecule has 2 aliphatic rings. The van der Waals surface area contributed by atoms with Gasteiger partial charge in [-0.25, -0.2) is 0 Å². The Bertz CT molecular complexity index is 1010. The van der Waals surface area contributed by atoms with Gasteiger partial charge in [-0.3, -0.25) is 24.0 Å². The van der Waals surface area contributed by atoms with Gasteiger partial charge in [0.2, 0.25) is 29.4 Å². The number of nitrogens with zero attached hydrogens (tertiary/aromatic N) is 2. The van der Waals surface area contributed by atoms with Gasteiger partial charge in [-0.1, -0.05) is 41.5 Å². The molecule has 0 aromatic carbocycles. The highest BCUT2D eigenvalue weighted by Gasteiger charge is 2.65. The minimum absolute atomic E-state index is 0.0509. The number of carbonyl (C=O) groups excluding carboxylic acids is 5. The number of amides is 4. The van der Waals surface area contributed by atoms with Crippen molar-refractivity contribution in [2.24, 2.45) is 23.7 Å². The number of ether oxygens (including phenoxy) is 1. The molecule has 42 heavy (non-hydrogen) atoms. The molecule has 10 nitrogen and oxygen atoms in total. The van der Waals surface area contributed by atoms with E-state index in [1.807, 2.05) is 5.32 Å². The molecule has 0 aliphatic carbocycles. The van der Waals surface area contributed by atoms with E-state index in [0.29, 0.717) is 32.7 Å². The van der Waals surface area contributed by atoms with Gasteiger partial charge in [-0.15, -0.1) is 0 Å². The van der Waals surface area contributed by atoms with Gasteiger partial charge in [0.05, 0.1) is 19.3 Å². The van der Waals surface area contributed by atoms with E-state index >= 15 is 0 Å². The van der Waals surface area contributed by atoms with E-state index in [9.17, 15) is 45.9 Å². The fourth-order valence-corrected chi connectivity index (χ4v) is 5.04. The van der Waals surface area contributed by atoms with Crippen molar-refractivity contribution < 1.29 is 50.7 Å². The third-order valence-corrected chi connectivity index (χ3v) is 7.52. The molecule has 2 unspecified atom stereocenters. The van der Waals surface area contributed by atoms with Gasteiger partial charge in [-0.05, 0) is 30.6 Å². The topological polar surface area (TPSA) is 125 Å². The molecule has 4 atom stereocenters. The first-order chi connectivity index (χ1) is 19.3. The molecule has 15 heteroatoms. The molecule has 0 aromatic rings. The molecule has 0 radical (unpaired) electrons. The summed E-state index contributed by atoms with van der Waals surface area (Å²) in [4.78, 5) is 68.1. The van der Waals surface area contributed by atoms with E-state index in [1.165, 1.54) is 18.7 Å². The van der Waals surface area contributed by atoms with E-state index in [4.69, 9.17) is 4.74 Å². The molecule has 2 N–H and O–H groups in total. The first kappa shape index (κ1) is 35.4. The van der Waals surface area contributed by atoms with Crippen molar-refractivity contribution in [2.75, 3.05) is 32.8 Å². The predicted molar refractivity (Wildman–Crippen MR) is 140 cm³/mol. The van der Waals surface area contributed by atoms with Crippen LogP contribution in [0.25, 0.3) is 0 Å². The second-order valence-corrected chi connectivity index (χ2v) is 11.7. The van der Waals surface area contributed by atoms with Crippen molar-refractivity contribution in [3.05, 3.63) is 0 Å². The highest BCUT2D eigenvalue weighted by Crippen LogP contribution is 2.37. The van der Waals surface area contributed by atoms with Crippen LogP contribution in [-0.2, 0) is 28.7 Å². The Hall–Kier alpha value is -2.84. The third kappa shape index (κ3) is 7.95. The van der Waals surface area contributed by atoms with Gasteiger partial charge in [0, 0.05) is 19.6 Å². The number of Topliss-reactive ketones (excluding diaryl/α,β-unsaturated/α-hetero) is 1. The summed E-state index contributed by atoms with van der Waals surface area (Å²) in [6.07, 6.45) is -5.77. The number of hydrogen-bond acceptors (Lipinski definition) is 6. The second kappa shape index (κ2) is 14.1. The Morgan fingerprint density at radius 3 is 1.79 bits per heavy atom. The molecule has 0 saturated carbocycles. The largest absolute Gasteiger partial charge is 0.461 e. The number of rotatable bonds is 11. The number of hydrogen-bond donors (Lipinski definition) is 2. The van der Waals surface area contributed by atoms with E-state index in [0.717, 1.165) is 4.90 Å². The monoisotopic (exact) mass is 612 g/mol. The van der Waals surface area contributed by atoms with Crippen LogP contribution in [0.4, 0.5) is 22.0 Å². The number of carbonyl (C=O) groups is 5. The van der Waals surface area contributed by atoms with Crippen LogP contribution in [0, 0.1) is 23.7 Å². The van der Waals surface area contributed by atoms with Crippen molar-refractivity contribution >= 4 is 29.4 Å². The molecule has 2 fully saturated rings. The molecule has 240 valence electrons. The average Bonchev–Trinajstić information content (AvgIpc) is 3.39. The SMILES string of the molecule is CC(C)C(NC(=O)[C@@H]1CCCN1C(=O)[C@@H](NC(=O)C(C(=O)N1CCOCC1)C(C)C)C(C)C)C(=O)C(F)(F)C(F)(F)F. The van der Waals surface area contributed by atoms with Crippen LogP contribution >= 0.6 is 0 Å². The maximum Gasteiger partial charge on any atom is 0.461 e. The maximum atomic E-state index is 13.8. The minimum atomic E-state index is -6.14. The lowest BCUT2D eigenvalue weighted by atomic mass is 9.91. The fourth-order valence-electron chi connectivity index (χ4n) is 5.04. The molecular formula is C27H41F5N4O6. The smallest absolute Gasteiger partial charge is 0.378 e. The van der Waals surface area contributed by atoms with Gasteiger partial charge in [-0.2, -0.15) is 22.0 Å². The molecule has 2 aliphatic heterocycles. The zero-order chi connectivity index (χ0) is 32.2. The summed E-state index contributed by atoms with van der Waals surface area (Å²) in [5.74, 6) is -14.1. The Balaban J connectivity index is 2.23. The summed E-state index contributed by atoms with van der Waals surface area (Å²) >= 11 is 0. The lowest BCUT2D eigenvalue weighted by Crippen LogP contribution is -2.60. The van der Waals surface area contributed by atoms with Crippen LogP contribution in [-0.4, -0.2) is 102 Å². The van der Waals surface area contributed by atoms with Crippen LogP contribution < -0.4 is 10.6 Å². The van der Waals surface area contributed by atoms with Crippen LogP contribution in [0.1, 0.15) is 54.4 Å². The summed E-state index contributed by atoms with van der Waals surface area (Å²) in [6, 6.07) is -4.59. The van der Waals surface area contributed by atoms with Gasteiger partial charge in [0.15, 0.2) is 0 Å². The number of likely N-dealkylation sites (tertiary alicyclic amines) is 1. The number of nitrogens with one attached hydrogen (secondary N) is 2. The van der Waals surface area contributed by atoms with E-state index in [2.05, 4.69) is 5.32 Å². The van der Waals surface area contributed by atoms with Crippen molar-refractivity contribution in [1.82, 2.24) is 20.4 Å². The molecule has 0 spiro atoms. The van der Waals surface area contributed by atoms with Crippen molar-refractivity contribution in [2.45, 2.75) is 84.6 Å². The molecule has 0 aromatic heterocycles. The van der Waals surface area contributed by atoms with Crippen LogP contribution in [0.5, 0.6) is 0 Å². The first-order valence-electron chi connectivity index (χ1n) is 14.1. The Morgan fingerprint density at radius 1 is 0.762 bits per heavy atom. The Labute approximate surface area is 242 Å². The predicted octanol–water partition coefficient (Wildman–Crippen LogP) is 2.16. The first-order valence-corrected chi connectivity index (χ1v) is 14.1. The summed E-state index contributed by atoms with van der Waals surface area (Å²) < 4.78 is 71.4. The maximum absolute atomic E-state index is 13.8. The van der Waals surface area contributed by atoms with Crippen LogP contribution in [0.15, 0.2) is 0 Å².